The van der Waals surface area contributed by atoms with Crippen LogP contribution in [0.2, 0.25) is 5.02 Å². The van der Waals surface area contributed by atoms with Crippen molar-refractivity contribution in [3.8, 4) is 0 Å². The summed E-state index contributed by atoms with van der Waals surface area (Å²) in [7, 11) is 1.80. The smallest absolute Gasteiger partial charge is 0.266 e. The summed E-state index contributed by atoms with van der Waals surface area (Å²) in [5.41, 5.74) is 1.86. The molecule has 0 radical (unpaired) electrons. The maximum Gasteiger partial charge on any atom is 0.266 e. The number of rotatable bonds is 5. The van der Waals surface area contributed by atoms with Crippen LogP contribution in [0.5, 0.6) is 0 Å². The third-order valence-corrected chi connectivity index (χ3v) is 5.68. The van der Waals surface area contributed by atoms with E-state index in [4.69, 9.17) is 16.4 Å². The molecule has 29 heavy (non-hydrogen) atoms. The van der Waals surface area contributed by atoms with Crippen LogP contribution in [-0.4, -0.2) is 51.0 Å². The Balaban J connectivity index is 1.35. The molecule has 7 nitrogen and oxygen atoms in total. The second kappa shape index (κ2) is 8.37. The number of aromatic nitrogens is 2. The van der Waals surface area contributed by atoms with Crippen molar-refractivity contribution in [3.63, 3.8) is 0 Å². The van der Waals surface area contributed by atoms with E-state index in [0.29, 0.717) is 36.8 Å². The van der Waals surface area contributed by atoms with Crippen molar-refractivity contribution in [2.75, 3.05) is 13.1 Å². The van der Waals surface area contributed by atoms with E-state index >= 15 is 0 Å². The number of nitrogens with zero attached hydrogens (tertiary/aromatic N) is 4. The van der Waals surface area contributed by atoms with Gasteiger partial charge >= 0.3 is 0 Å². The summed E-state index contributed by atoms with van der Waals surface area (Å²) in [6, 6.07) is 7.58. The molecule has 0 aliphatic carbocycles. The first-order valence-electron chi connectivity index (χ1n) is 9.77. The molecule has 3 heterocycles. The summed E-state index contributed by atoms with van der Waals surface area (Å²) in [6.07, 6.45) is 5.36. The average molecular weight is 415 g/mol. The number of hydrogen-bond donors (Lipinski definition) is 0. The van der Waals surface area contributed by atoms with Crippen LogP contribution < -0.4 is 0 Å². The van der Waals surface area contributed by atoms with Crippen molar-refractivity contribution >= 4 is 29.0 Å². The van der Waals surface area contributed by atoms with Gasteiger partial charge in [-0.05, 0) is 30.5 Å². The largest absolute Gasteiger partial charge is 0.382 e. The van der Waals surface area contributed by atoms with E-state index < -0.39 is 6.10 Å². The molecule has 4 rings (SSSR count). The lowest BCUT2D eigenvalue weighted by Gasteiger charge is -2.32. The van der Waals surface area contributed by atoms with E-state index in [9.17, 15) is 9.59 Å². The molecule has 0 N–H and O–H groups in total. The number of aryl methyl sites for hydroxylation is 1. The molecule has 0 saturated carbocycles. The zero-order chi connectivity index (χ0) is 20.4. The number of carbonyl (C=O) groups excluding carboxylic acids is 2. The summed E-state index contributed by atoms with van der Waals surface area (Å²) in [5.74, 6) is 0.0861. The molecule has 2 aromatic rings. The highest BCUT2D eigenvalue weighted by molar-refractivity contribution is 6.30. The highest BCUT2D eigenvalue weighted by atomic mass is 35.5. The molecule has 152 valence electrons. The van der Waals surface area contributed by atoms with Gasteiger partial charge < -0.3 is 14.3 Å². The number of oxime groups is 1. The Labute approximate surface area is 174 Å². The lowest BCUT2D eigenvalue weighted by atomic mass is 9.92. The Kier molecular flexibility index (Phi) is 5.67. The Hall–Kier alpha value is -2.67. The molecule has 0 bridgehead atoms. The zero-order valence-electron chi connectivity index (χ0n) is 16.3. The molecule has 1 saturated heterocycles. The lowest BCUT2D eigenvalue weighted by Crippen LogP contribution is -2.46. The Bertz CT molecular complexity index is 955. The molecule has 2 aliphatic rings. The molecular formula is C21H23ClN4O3. The summed E-state index contributed by atoms with van der Waals surface area (Å²) in [6.45, 7) is 1.03. The second-order valence-corrected chi connectivity index (χ2v) is 8.05. The fourth-order valence-electron chi connectivity index (χ4n) is 3.93. The summed E-state index contributed by atoms with van der Waals surface area (Å²) in [4.78, 5) is 37.0. The van der Waals surface area contributed by atoms with Crippen LogP contribution in [-0.2, 0) is 23.1 Å². The normalized spacial score (nSPS) is 21.6. The molecule has 0 spiro atoms. The van der Waals surface area contributed by atoms with Gasteiger partial charge in [0.1, 0.15) is 0 Å². The molecule has 1 aromatic heterocycles. The Morgan fingerprint density at radius 3 is 2.97 bits per heavy atom. The van der Waals surface area contributed by atoms with E-state index in [1.54, 1.807) is 28.9 Å². The van der Waals surface area contributed by atoms with E-state index in [1.807, 2.05) is 24.3 Å². The standard InChI is InChI=1S/C21H23ClN4O3/c1-25-9-7-23-20(25)19(27)15-5-3-8-26(13-15)21(28)18-12-17(24-29-18)11-14-4-2-6-16(22)10-14/h2,4,6-7,9-10,15,18H,3,5,8,11-13H2,1H3/t15-,18+/m0/s1. The van der Waals surface area contributed by atoms with E-state index in [0.717, 1.165) is 24.1 Å². The molecule has 1 fully saturated rings. The maximum atomic E-state index is 12.9. The highest BCUT2D eigenvalue weighted by Crippen LogP contribution is 2.24. The van der Waals surface area contributed by atoms with Gasteiger partial charge in [-0.3, -0.25) is 9.59 Å². The third kappa shape index (κ3) is 4.34. The van der Waals surface area contributed by atoms with E-state index in [1.165, 1.54) is 0 Å². The third-order valence-electron chi connectivity index (χ3n) is 5.45. The predicted octanol–water partition coefficient (Wildman–Crippen LogP) is 2.88. The second-order valence-electron chi connectivity index (χ2n) is 7.61. The minimum Gasteiger partial charge on any atom is -0.382 e. The first kappa shape index (κ1) is 19.6. The van der Waals surface area contributed by atoms with Gasteiger partial charge in [0.15, 0.2) is 5.82 Å². The van der Waals surface area contributed by atoms with Crippen LogP contribution in [0.1, 0.15) is 35.4 Å². The summed E-state index contributed by atoms with van der Waals surface area (Å²) >= 11 is 6.03. The van der Waals surface area contributed by atoms with Crippen LogP contribution >= 0.6 is 11.6 Å². The van der Waals surface area contributed by atoms with Crippen LogP contribution in [0.4, 0.5) is 0 Å². The molecule has 0 unspecified atom stereocenters. The van der Waals surface area contributed by atoms with Gasteiger partial charge in [-0.15, -0.1) is 0 Å². The van der Waals surface area contributed by atoms with Crippen LogP contribution in [0.25, 0.3) is 0 Å². The topological polar surface area (TPSA) is 76.8 Å². The molecule has 2 aliphatic heterocycles. The molecule has 1 amide bonds. The number of hydrogen-bond acceptors (Lipinski definition) is 5. The van der Waals surface area contributed by atoms with Gasteiger partial charge in [-0.25, -0.2) is 4.98 Å². The Morgan fingerprint density at radius 2 is 2.21 bits per heavy atom. The number of amides is 1. The number of likely N-dealkylation sites (tertiary alicyclic amines) is 1. The number of Topliss-reactive ketones (excluding diaryl/α,β-unsaturated/α-hetero) is 1. The number of benzene rings is 1. The number of imidazole rings is 1. The van der Waals surface area contributed by atoms with Crippen LogP contribution in [0, 0.1) is 5.92 Å². The lowest BCUT2D eigenvalue weighted by molar-refractivity contribution is -0.143. The SMILES string of the molecule is Cn1ccnc1C(=O)[C@H]1CCCN(C(=O)[C@H]2CC(Cc3cccc(Cl)c3)=NO2)C1. The van der Waals surface area contributed by atoms with Gasteiger partial charge in [-0.1, -0.05) is 28.9 Å². The van der Waals surface area contributed by atoms with Crippen LogP contribution in [0.3, 0.4) is 0 Å². The summed E-state index contributed by atoms with van der Waals surface area (Å²) in [5, 5.41) is 4.78. The van der Waals surface area contributed by atoms with Crippen molar-refractivity contribution in [2.45, 2.75) is 31.8 Å². The first-order valence-corrected chi connectivity index (χ1v) is 10.2. The zero-order valence-corrected chi connectivity index (χ0v) is 17.0. The van der Waals surface area contributed by atoms with Crippen molar-refractivity contribution in [1.82, 2.24) is 14.5 Å². The van der Waals surface area contributed by atoms with E-state index in [-0.39, 0.29) is 17.6 Å². The molecule has 1 aromatic carbocycles. The quantitative estimate of drug-likeness (QED) is 0.705. The minimum atomic E-state index is -0.619. The fraction of sp³-hybridized carbons (Fsp3) is 0.429. The number of piperidine rings is 1. The number of carbonyl (C=O) groups is 2. The van der Waals surface area contributed by atoms with Gasteiger partial charge in [0.05, 0.1) is 5.71 Å². The van der Waals surface area contributed by atoms with E-state index in [2.05, 4.69) is 10.1 Å². The number of halogens is 1. The van der Waals surface area contributed by atoms with Gasteiger partial charge in [-0.2, -0.15) is 0 Å². The summed E-state index contributed by atoms with van der Waals surface area (Å²) < 4.78 is 1.72. The average Bonchev–Trinajstić information content (AvgIpc) is 3.36. The minimum absolute atomic E-state index is 0.0137. The van der Waals surface area contributed by atoms with Crippen molar-refractivity contribution in [3.05, 3.63) is 53.1 Å². The van der Waals surface area contributed by atoms with Crippen molar-refractivity contribution in [2.24, 2.45) is 18.1 Å². The van der Waals surface area contributed by atoms with Gasteiger partial charge in [0.2, 0.25) is 11.9 Å². The predicted molar refractivity (Wildman–Crippen MR) is 109 cm³/mol. The maximum absolute atomic E-state index is 12.9. The van der Waals surface area contributed by atoms with Crippen molar-refractivity contribution in [1.29, 1.82) is 0 Å². The Morgan fingerprint density at radius 1 is 1.34 bits per heavy atom. The van der Waals surface area contributed by atoms with Crippen LogP contribution in [0.15, 0.2) is 41.8 Å². The van der Waals surface area contributed by atoms with Gasteiger partial charge in [0.25, 0.3) is 5.91 Å². The van der Waals surface area contributed by atoms with Gasteiger partial charge in [0, 0.05) is 56.3 Å². The molecular weight excluding hydrogens is 392 g/mol. The van der Waals surface area contributed by atoms with Crippen molar-refractivity contribution < 1.29 is 14.4 Å². The monoisotopic (exact) mass is 414 g/mol. The molecule has 8 heteroatoms. The number of ketones is 1. The molecule has 2 atom stereocenters. The fourth-order valence-corrected chi connectivity index (χ4v) is 4.14. The highest BCUT2D eigenvalue weighted by Gasteiger charge is 2.36. The first-order chi connectivity index (χ1) is 14.0.